The fourth-order valence-electron chi connectivity index (χ4n) is 7.35. The van der Waals surface area contributed by atoms with E-state index in [4.69, 9.17) is 0 Å². The van der Waals surface area contributed by atoms with Gasteiger partial charge in [-0.25, -0.2) is 43.3 Å². The number of alkyl halides is 5. The van der Waals surface area contributed by atoms with E-state index in [1.807, 2.05) is 63.9 Å². The number of rotatable bonds is 19. The summed E-state index contributed by atoms with van der Waals surface area (Å²) >= 11 is 0. The van der Waals surface area contributed by atoms with E-state index in [0.29, 0.717) is 0 Å². The third-order valence-corrected chi connectivity index (χ3v) is 14.8. The van der Waals surface area contributed by atoms with Crippen LogP contribution in [0.25, 0.3) is 27.7 Å². The molecule has 5 rings (SSSR count). The van der Waals surface area contributed by atoms with Crippen molar-refractivity contribution in [2.45, 2.75) is 52.1 Å². The molecule has 61 heavy (non-hydrogen) atoms. The second-order valence-electron chi connectivity index (χ2n) is 14.2. The molecule has 0 spiro atoms. The van der Waals surface area contributed by atoms with Gasteiger partial charge < -0.3 is 9.47 Å². The molecule has 0 atom stereocenters. The number of nitrogens with zero attached hydrogens (tertiary/aromatic N) is 3. The highest BCUT2D eigenvalue weighted by Gasteiger charge is 2.50. The van der Waals surface area contributed by atoms with Crippen LogP contribution in [-0.2, 0) is 36.6 Å². The maximum absolute atomic E-state index is 14.7. The third kappa shape index (κ3) is 11.4. The average Bonchev–Trinajstić information content (AvgIpc) is 3.50. The summed E-state index contributed by atoms with van der Waals surface area (Å²) in [5.41, 5.74) is 2.29. The van der Waals surface area contributed by atoms with Gasteiger partial charge in [0.05, 0.1) is 5.69 Å². The van der Waals surface area contributed by atoms with Gasteiger partial charge in [-0.1, -0.05) is 60.7 Å². The molecule has 11 nitrogen and oxygen atoms in total. The number of benzene rings is 3. The zero-order valence-corrected chi connectivity index (χ0v) is 36.5. The maximum atomic E-state index is 14.7. The first-order chi connectivity index (χ1) is 28.7. The molecule has 0 bridgehead atoms. The summed E-state index contributed by atoms with van der Waals surface area (Å²) < 4.78 is 146. The lowest BCUT2D eigenvalue weighted by Gasteiger charge is -2.22. The van der Waals surface area contributed by atoms with E-state index in [1.54, 1.807) is 0 Å². The van der Waals surface area contributed by atoms with Crippen LogP contribution in [0, 0.1) is 0 Å². The van der Waals surface area contributed by atoms with Crippen molar-refractivity contribution in [1.29, 1.82) is 0 Å². The first-order valence-electron chi connectivity index (χ1n) is 19.6. The van der Waals surface area contributed by atoms with Gasteiger partial charge in [0.15, 0.2) is 5.71 Å². The summed E-state index contributed by atoms with van der Waals surface area (Å²) in [4.78, 5) is 2.25. The van der Waals surface area contributed by atoms with Gasteiger partial charge in [0.25, 0.3) is 5.92 Å². The van der Waals surface area contributed by atoms with Crippen molar-refractivity contribution >= 4 is 57.9 Å². The highest BCUT2D eigenvalue weighted by Crippen LogP contribution is 2.43. The first kappa shape index (κ1) is 47.4. The molecule has 1 heterocycles. The van der Waals surface area contributed by atoms with Crippen LogP contribution in [0.5, 0.6) is 0 Å². The molecule has 3 aromatic carbocycles. The standard InChI is InChI=1S/C42H49F5N5O6S3/c1-5-50(6-2)34-23-19-31(20-24-34)38(32-21-25-35(26-22-32)51(7-3)8-4)39-36-17-12-13-18-37(36)52(40(39)33-15-10-9-11-16-33)28-14-27-48-59(53,54)29-41(43,44)30-60(55,56)49-61(57,58)42(45,46)47/h9-13,15-26,48-49H,5-8,14,27-30H2,1-4H3/q+1. The number of halogens is 5. The van der Waals surface area contributed by atoms with Crippen LogP contribution < -0.4 is 13.7 Å². The third-order valence-electron chi connectivity index (χ3n) is 10.1. The van der Waals surface area contributed by atoms with Gasteiger partial charge in [-0.2, -0.15) is 13.2 Å². The van der Waals surface area contributed by atoms with E-state index in [2.05, 4.69) is 85.7 Å². The molecule has 0 fully saturated rings. The highest BCUT2D eigenvalue weighted by atomic mass is 32.3. The first-order valence-corrected chi connectivity index (χ1v) is 24.4. The highest BCUT2D eigenvalue weighted by molar-refractivity contribution is 8.05. The number of aryl methyl sites for hydroxylation is 1. The number of sulfonamides is 3. The fraction of sp³-hybridized carbons (Fsp3) is 0.357. The SMILES string of the molecule is CCN(CC)c1ccc(C(=C2C=CC(=[N+](CC)CC)C=C2)c2c(-c3ccccc3)n(CCCNS(=O)(=O)CC(F)(F)CS(=O)(=O)NS(=O)(=O)C(F)(F)F)c3ccccc23)cc1. The zero-order chi connectivity index (χ0) is 44.8. The molecule has 1 aliphatic carbocycles. The Bertz CT molecular complexity index is 2650. The van der Waals surface area contributed by atoms with Gasteiger partial charge in [0.2, 0.25) is 20.0 Å². The molecule has 1 aromatic heterocycles. The number of fused-ring (bicyclic) bond motifs is 1. The molecule has 0 radical (unpaired) electrons. The number of anilines is 1. The molecule has 0 unspecified atom stereocenters. The molecule has 1 aliphatic rings. The second kappa shape index (κ2) is 19.1. The Kier molecular flexibility index (Phi) is 14.9. The van der Waals surface area contributed by atoms with Crippen LogP contribution in [0.4, 0.5) is 27.6 Å². The van der Waals surface area contributed by atoms with Crippen LogP contribution in [-0.4, -0.2) is 95.8 Å². The Labute approximate surface area is 354 Å². The monoisotopic (exact) mass is 910 g/mol. The Balaban J connectivity index is 1.54. The summed E-state index contributed by atoms with van der Waals surface area (Å²) in [5.74, 6) is -9.31. The van der Waals surface area contributed by atoms with Crippen molar-refractivity contribution in [3.8, 4) is 11.3 Å². The number of nitrogens with one attached hydrogen (secondary N) is 2. The molecule has 0 saturated carbocycles. The number of allylic oxidation sites excluding steroid dienone is 5. The molecule has 0 amide bonds. The lowest BCUT2D eigenvalue weighted by atomic mass is 9.87. The minimum Gasteiger partial charge on any atom is -0.372 e. The molecule has 0 saturated heterocycles. The van der Waals surface area contributed by atoms with Crippen molar-refractivity contribution in [3.05, 3.63) is 120 Å². The molecule has 4 aromatic rings. The summed E-state index contributed by atoms with van der Waals surface area (Å²) in [6.07, 6.45) is 8.46. The van der Waals surface area contributed by atoms with Crippen molar-refractivity contribution in [3.63, 3.8) is 0 Å². The van der Waals surface area contributed by atoms with E-state index in [-0.39, 0.29) is 23.6 Å². The number of aromatic nitrogens is 1. The Morgan fingerprint density at radius 2 is 1.30 bits per heavy atom. The van der Waals surface area contributed by atoms with Crippen molar-refractivity contribution in [1.82, 2.24) is 13.4 Å². The smallest absolute Gasteiger partial charge is 0.372 e. The number of hydrogen-bond acceptors (Lipinski definition) is 7. The van der Waals surface area contributed by atoms with Gasteiger partial charge in [0.1, 0.15) is 24.6 Å². The van der Waals surface area contributed by atoms with E-state index in [0.717, 1.165) is 82.0 Å². The zero-order valence-electron chi connectivity index (χ0n) is 34.1. The van der Waals surface area contributed by atoms with Crippen molar-refractivity contribution in [2.75, 3.05) is 49.1 Å². The minimum atomic E-state index is -6.55. The van der Waals surface area contributed by atoms with Crippen LogP contribution in [0.1, 0.15) is 45.2 Å². The van der Waals surface area contributed by atoms with Crippen LogP contribution in [0.2, 0.25) is 0 Å². The van der Waals surface area contributed by atoms with Gasteiger partial charge in [-0.15, -0.1) is 4.13 Å². The predicted octanol–water partition coefficient (Wildman–Crippen LogP) is 7.29. The summed E-state index contributed by atoms with van der Waals surface area (Å²) in [6.45, 7) is 11.5. The lowest BCUT2D eigenvalue weighted by molar-refractivity contribution is -0.519. The van der Waals surface area contributed by atoms with Crippen LogP contribution in [0.3, 0.4) is 0 Å². The fourth-order valence-corrected chi connectivity index (χ4v) is 11.3. The Morgan fingerprint density at radius 1 is 0.721 bits per heavy atom. The Hall–Kier alpha value is -4.69. The topological polar surface area (TPSA) is 138 Å². The quantitative estimate of drug-likeness (QED) is 0.0573. The summed E-state index contributed by atoms with van der Waals surface area (Å²) in [7, 11) is -17.3. The molecule has 0 aliphatic heterocycles. The molecular weight excluding hydrogens is 862 g/mol. The summed E-state index contributed by atoms with van der Waals surface area (Å²) in [5, 5.41) is 0.902. The maximum Gasteiger partial charge on any atom is 0.512 e. The van der Waals surface area contributed by atoms with E-state index in [1.165, 1.54) is 0 Å². The number of hydrogen-bond donors (Lipinski definition) is 2. The lowest BCUT2D eigenvalue weighted by Crippen LogP contribution is -2.47. The van der Waals surface area contributed by atoms with Crippen molar-refractivity contribution in [2.24, 2.45) is 0 Å². The second-order valence-corrected chi connectivity index (χ2v) is 19.7. The minimum absolute atomic E-state index is 0.0684. The average molecular weight is 911 g/mol. The molecule has 2 N–H and O–H groups in total. The van der Waals surface area contributed by atoms with Gasteiger partial charge in [0, 0.05) is 60.5 Å². The van der Waals surface area contributed by atoms with Crippen molar-refractivity contribution < 1.29 is 51.8 Å². The molecule has 19 heteroatoms. The van der Waals surface area contributed by atoms with E-state index >= 15 is 0 Å². The van der Waals surface area contributed by atoms with Crippen LogP contribution in [0.15, 0.2) is 109 Å². The summed E-state index contributed by atoms with van der Waals surface area (Å²) in [6, 6.07) is 25.8. The van der Waals surface area contributed by atoms with Gasteiger partial charge in [-0.3, -0.25) is 0 Å². The predicted molar refractivity (Wildman–Crippen MR) is 231 cm³/mol. The Morgan fingerprint density at radius 3 is 1.87 bits per heavy atom. The van der Waals surface area contributed by atoms with Crippen LogP contribution >= 0.6 is 0 Å². The largest absolute Gasteiger partial charge is 0.512 e. The molecule has 330 valence electrons. The van der Waals surface area contributed by atoms with E-state index in [9.17, 15) is 47.2 Å². The van der Waals surface area contributed by atoms with Gasteiger partial charge in [-0.05, 0) is 86.7 Å². The van der Waals surface area contributed by atoms with E-state index < -0.39 is 53.0 Å². The molecular formula is C42H49F5N5O6S3+. The number of para-hydroxylation sites is 1. The van der Waals surface area contributed by atoms with Gasteiger partial charge >= 0.3 is 15.5 Å². The normalized spacial score (nSPS) is 13.9.